The first-order valence-corrected chi connectivity index (χ1v) is 12.2. The van der Waals surface area contributed by atoms with Gasteiger partial charge in [0.1, 0.15) is 11.6 Å². The summed E-state index contributed by atoms with van der Waals surface area (Å²) >= 11 is 0. The number of carbonyl (C=O) groups is 4. The highest BCUT2D eigenvalue weighted by molar-refractivity contribution is 6.15. The molecule has 1 saturated carbocycles. The molecule has 0 aliphatic heterocycles. The number of nitrogens with one attached hydrogen (secondary N) is 1. The average molecular weight is 505 g/mol. The summed E-state index contributed by atoms with van der Waals surface area (Å²) in [6.45, 7) is 11.4. The van der Waals surface area contributed by atoms with E-state index in [1.165, 1.54) is 14.0 Å². The van der Waals surface area contributed by atoms with Crippen LogP contribution in [0, 0.1) is 11.3 Å². The molecule has 1 aromatic rings. The quantitative estimate of drug-likeness (QED) is 0.379. The van der Waals surface area contributed by atoms with Crippen molar-refractivity contribution in [2.75, 3.05) is 12.0 Å². The van der Waals surface area contributed by atoms with Crippen molar-refractivity contribution >= 4 is 29.5 Å². The van der Waals surface area contributed by atoms with Crippen LogP contribution in [0.3, 0.4) is 0 Å². The minimum absolute atomic E-state index is 0.138. The molecule has 0 radical (unpaired) electrons. The van der Waals surface area contributed by atoms with E-state index in [2.05, 4.69) is 5.32 Å². The Hall–Kier alpha value is -3.10. The average Bonchev–Trinajstić information content (AvgIpc) is 2.72. The lowest BCUT2D eigenvalue weighted by Gasteiger charge is -2.49. The molecule has 1 unspecified atom stereocenters. The van der Waals surface area contributed by atoms with Crippen molar-refractivity contribution in [3.8, 4) is 0 Å². The third kappa shape index (κ3) is 6.36. The first kappa shape index (κ1) is 29.1. The van der Waals surface area contributed by atoms with Crippen LogP contribution < -0.4 is 10.2 Å². The van der Waals surface area contributed by atoms with Gasteiger partial charge < -0.3 is 24.8 Å². The largest absolute Gasteiger partial charge is 0.481 e. The van der Waals surface area contributed by atoms with Crippen LogP contribution in [-0.2, 0) is 23.9 Å². The maximum absolute atomic E-state index is 14.4. The number of ketones is 1. The van der Waals surface area contributed by atoms with Gasteiger partial charge in [-0.15, -0.1) is 0 Å². The highest BCUT2D eigenvalue weighted by Crippen LogP contribution is 2.39. The lowest BCUT2D eigenvalue weighted by molar-refractivity contribution is -0.157. The van der Waals surface area contributed by atoms with Crippen molar-refractivity contribution < 1.29 is 33.8 Å². The van der Waals surface area contributed by atoms with E-state index >= 15 is 0 Å². The zero-order valence-corrected chi connectivity index (χ0v) is 22.6. The molecule has 3 atom stereocenters. The van der Waals surface area contributed by atoms with Crippen LogP contribution in [0.1, 0.15) is 67.7 Å². The Morgan fingerprint density at radius 2 is 1.56 bits per heavy atom. The van der Waals surface area contributed by atoms with Crippen molar-refractivity contribution in [3.05, 3.63) is 30.3 Å². The fourth-order valence-corrected chi connectivity index (χ4v) is 4.63. The van der Waals surface area contributed by atoms with Gasteiger partial charge in [0, 0.05) is 11.7 Å². The van der Waals surface area contributed by atoms with Gasteiger partial charge in [0.15, 0.2) is 11.3 Å². The number of carboxylic acids is 1. The molecule has 2 N–H and O–H groups in total. The summed E-state index contributed by atoms with van der Waals surface area (Å²) in [4.78, 5) is 54.9. The van der Waals surface area contributed by atoms with E-state index in [-0.39, 0.29) is 6.04 Å². The number of carbonyl (C=O) groups excluding carboxylic acids is 3. The number of ether oxygens (including phenoxy) is 2. The molecule has 1 fully saturated rings. The van der Waals surface area contributed by atoms with Crippen LogP contribution in [0.2, 0.25) is 0 Å². The number of hydrogen-bond donors (Lipinski definition) is 2. The Kier molecular flexibility index (Phi) is 8.81. The number of amides is 1. The number of alkyl carbamates (subject to hydrolysis) is 1. The fourth-order valence-electron chi connectivity index (χ4n) is 4.63. The van der Waals surface area contributed by atoms with E-state index in [4.69, 9.17) is 9.47 Å². The Balaban J connectivity index is 2.71. The molecule has 2 rings (SSSR count). The summed E-state index contributed by atoms with van der Waals surface area (Å²) in [6.07, 6.45) is 1.48. The van der Waals surface area contributed by atoms with E-state index in [9.17, 15) is 24.3 Å². The van der Waals surface area contributed by atoms with Crippen molar-refractivity contribution in [3.63, 3.8) is 0 Å². The molecule has 1 amide bonds. The smallest absolute Gasteiger partial charge is 0.408 e. The first-order valence-electron chi connectivity index (χ1n) is 12.2. The summed E-state index contributed by atoms with van der Waals surface area (Å²) in [7, 11) is 1.19. The van der Waals surface area contributed by atoms with E-state index < -0.39 is 52.3 Å². The van der Waals surface area contributed by atoms with Gasteiger partial charge in [-0.2, -0.15) is 0 Å². The number of Topliss-reactive ketones (excluding diaryl/α,β-unsaturated/α-hetero) is 1. The SMILES string of the molecule is COC(=O)[C@@](C)(C(=O)[C@@H](NC(=O)OC(C)(C)C)C(C(=O)O)C(C)(C)C)N(c1ccccc1)C1CCC1. The van der Waals surface area contributed by atoms with Gasteiger partial charge in [0.2, 0.25) is 0 Å². The Bertz CT molecular complexity index is 961. The highest BCUT2D eigenvalue weighted by atomic mass is 16.6. The van der Waals surface area contributed by atoms with E-state index in [0.29, 0.717) is 5.69 Å². The van der Waals surface area contributed by atoms with Crippen LogP contribution >= 0.6 is 0 Å². The van der Waals surface area contributed by atoms with Crippen LogP contribution in [0.5, 0.6) is 0 Å². The number of aliphatic carboxylic acids is 1. The number of carboxylic acid groups (broad SMARTS) is 1. The van der Waals surface area contributed by atoms with E-state index in [1.54, 1.807) is 70.7 Å². The minimum Gasteiger partial charge on any atom is -0.481 e. The molecule has 0 saturated heterocycles. The second-order valence-corrected chi connectivity index (χ2v) is 11.5. The van der Waals surface area contributed by atoms with Gasteiger partial charge in [-0.05, 0) is 64.5 Å². The molecular formula is C27H40N2O7. The second kappa shape index (κ2) is 10.9. The molecule has 1 aromatic carbocycles. The summed E-state index contributed by atoms with van der Waals surface area (Å²) in [5.74, 6) is -4.25. The Morgan fingerprint density at radius 1 is 1.00 bits per heavy atom. The lowest BCUT2D eigenvalue weighted by Crippen LogP contribution is -2.69. The minimum atomic E-state index is -1.92. The van der Waals surface area contributed by atoms with Gasteiger partial charge in [0.05, 0.1) is 13.0 Å². The van der Waals surface area contributed by atoms with Crippen LogP contribution in [0.4, 0.5) is 10.5 Å². The van der Waals surface area contributed by atoms with E-state index in [1.807, 2.05) is 6.07 Å². The molecule has 0 heterocycles. The third-order valence-electron chi connectivity index (χ3n) is 6.51. The number of para-hydroxylation sites is 1. The summed E-state index contributed by atoms with van der Waals surface area (Å²) < 4.78 is 10.5. The predicted molar refractivity (Wildman–Crippen MR) is 136 cm³/mol. The molecule has 0 spiro atoms. The molecule has 0 aromatic heterocycles. The zero-order chi connectivity index (χ0) is 27.5. The van der Waals surface area contributed by atoms with Crippen LogP contribution in [-0.4, -0.2) is 59.3 Å². The predicted octanol–water partition coefficient (Wildman–Crippen LogP) is 4.19. The molecule has 1 aliphatic carbocycles. The van der Waals surface area contributed by atoms with Gasteiger partial charge in [0.25, 0.3) is 0 Å². The molecule has 9 heteroatoms. The molecule has 200 valence electrons. The molecular weight excluding hydrogens is 464 g/mol. The maximum Gasteiger partial charge on any atom is 0.408 e. The summed E-state index contributed by atoms with van der Waals surface area (Å²) in [6, 6.07) is 7.30. The Morgan fingerprint density at radius 3 is 1.94 bits per heavy atom. The van der Waals surface area contributed by atoms with Gasteiger partial charge in [-0.25, -0.2) is 9.59 Å². The molecule has 1 aliphatic rings. The number of methoxy groups -OCH3 is 1. The highest BCUT2D eigenvalue weighted by Gasteiger charge is 2.57. The first-order chi connectivity index (χ1) is 16.5. The standard InChI is InChI=1S/C27H40N2O7/c1-25(2,3)19(22(31)32)20(28-24(34)36-26(4,5)6)21(30)27(7,23(33)35-8)29(18-15-12-16-18)17-13-10-9-11-14-17/h9-11,13-14,18-20H,12,15-16H2,1-8H3,(H,28,34)(H,31,32)/t19?,20-,27+/m0/s1. The number of hydrogen-bond acceptors (Lipinski definition) is 7. The van der Waals surface area contributed by atoms with Gasteiger partial charge >= 0.3 is 18.0 Å². The summed E-state index contributed by atoms with van der Waals surface area (Å²) in [5.41, 5.74) is -3.13. The molecule has 9 nitrogen and oxygen atoms in total. The van der Waals surface area contributed by atoms with Gasteiger partial charge in [-0.1, -0.05) is 39.0 Å². The van der Waals surface area contributed by atoms with Crippen LogP contribution in [0.15, 0.2) is 30.3 Å². The number of anilines is 1. The molecule has 0 bridgehead atoms. The lowest BCUT2D eigenvalue weighted by atomic mass is 9.71. The fraction of sp³-hybridized carbons (Fsp3) is 0.630. The van der Waals surface area contributed by atoms with Crippen LogP contribution in [0.25, 0.3) is 0 Å². The number of nitrogens with zero attached hydrogens (tertiary/aromatic N) is 1. The second-order valence-electron chi connectivity index (χ2n) is 11.5. The topological polar surface area (TPSA) is 122 Å². The Labute approximate surface area is 213 Å². The maximum atomic E-state index is 14.4. The van der Waals surface area contributed by atoms with Crippen molar-refractivity contribution in [2.24, 2.45) is 11.3 Å². The number of esters is 1. The van der Waals surface area contributed by atoms with Crippen molar-refractivity contribution in [2.45, 2.75) is 91.0 Å². The molecule has 36 heavy (non-hydrogen) atoms. The summed E-state index contributed by atoms with van der Waals surface area (Å²) in [5, 5.41) is 12.7. The zero-order valence-electron chi connectivity index (χ0n) is 22.6. The normalized spacial score (nSPS) is 17.6. The third-order valence-corrected chi connectivity index (χ3v) is 6.51. The monoisotopic (exact) mass is 504 g/mol. The number of rotatable bonds is 9. The van der Waals surface area contributed by atoms with Crippen molar-refractivity contribution in [1.82, 2.24) is 5.32 Å². The number of benzene rings is 1. The van der Waals surface area contributed by atoms with E-state index in [0.717, 1.165) is 19.3 Å². The van der Waals surface area contributed by atoms with Crippen molar-refractivity contribution in [1.29, 1.82) is 0 Å². The van der Waals surface area contributed by atoms with Gasteiger partial charge in [-0.3, -0.25) is 9.59 Å².